The highest BCUT2D eigenvalue weighted by atomic mass is 35.5. The molecule has 1 aliphatic carbocycles. The second-order valence-electron chi connectivity index (χ2n) is 6.86. The molecule has 0 spiro atoms. The van der Waals surface area contributed by atoms with Crippen LogP contribution in [0.3, 0.4) is 0 Å². The Morgan fingerprint density at radius 3 is 2.79 bits per heavy atom. The smallest absolute Gasteiger partial charge is 0.336 e. The van der Waals surface area contributed by atoms with Crippen LogP contribution >= 0.6 is 11.6 Å². The first-order chi connectivity index (χ1) is 13.8. The lowest BCUT2D eigenvalue weighted by Gasteiger charge is -2.34. The SMILES string of the molecule is COCCOC(=O)C1=C(C)NC2=C(C(=O)CCC2)[C@H]1c1cc([N+](=O)[O-])ccc1Cl. The molecule has 0 fully saturated rings. The molecule has 1 atom stereocenters. The summed E-state index contributed by atoms with van der Waals surface area (Å²) in [6.45, 7) is 1.98. The van der Waals surface area contributed by atoms with E-state index in [-0.39, 0.29) is 35.3 Å². The molecular weight excluding hydrogens is 400 g/mol. The molecule has 1 aliphatic heterocycles. The predicted molar refractivity (Wildman–Crippen MR) is 105 cm³/mol. The van der Waals surface area contributed by atoms with Crippen LogP contribution in [0.5, 0.6) is 0 Å². The third kappa shape index (κ3) is 4.18. The molecule has 0 bridgehead atoms. The number of rotatable bonds is 6. The van der Waals surface area contributed by atoms with Gasteiger partial charge in [0.25, 0.3) is 5.69 Å². The van der Waals surface area contributed by atoms with Gasteiger partial charge in [0.05, 0.1) is 17.1 Å². The van der Waals surface area contributed by atoms with Gasteiger partial charge >= 0.3 is 5.97 Å². The van der Waals surface area contributed by atoms with Crippen molar-refractivity contribution >= 4 is 29.0 Å². The van der Waals surface area contributed by atoms with Gasteiger partial charge in [-0.25, -0.2) is 4.79 Å². The number of hydrogen-bond donors (Lipinski definition) is 1. The van der Waals surface area contributed by atoms with Gasteiger partial charge in [0, 0.05) is 53.6 Å². The van der Waals surface area contributed by atoms with Crippen LogP contribution < -0.4 is 5.32 Å². The summed E-state index contributed by atoms with van der Waals surface area (Å²) in [6.07, 6.45) is 1.68. The van der Waals surface area contributed by atoms with Crippen molar-refractivity contribution in [2.24, 2.45) is 0 Å². The zero-order valence-electron chi connectivity index (χ0n) is 16.1. The van der Waals surface area contributed by atoms with E-state index in [2.05, 4.69) is 5.32 Å². The van der Waals surface area contributed by atoms with Crippen molar-refractivity contribution in [3.05, 3.63) is 61.4 Å². The number of dihydropyridines is 1. The molecule has 8 nitrogen and oxygen atoms in total. The highest BCUT2D eigenvalue weighted by molar-refractivity contribution is 6.31. The van der Waals surface area contributed by atoms with Crippen LogP contribution in [0.25, 0.3) is 0 Å². The number of allylic oxidation sites excluding steroid dienone is 3. The van der Waals surface area contributed by atoms with E-state index in [1.807, 2.05) is 0 Å². The molecule has 0 aromatic heterocycles. The second kappa shape index (κ2) is 8.75. The average molecular weight is 421 g/mol. The average Bonchev–Trinajstić information content (AvgIpc) is 2.67. The fourth-order valence-electron chi connectivity index (χ4n) is 3.73. The van der Waals surface area contributed by atoms with E-state index in [4.69, 9.17) is 21.1 Å². The molecule has 0 saturated carbocycles. The zero-order valence-corrected chi connectivity index (χ0v) is 16.9. The lowest BCUT2D eigenvalue weighted by molar-refractivity contribution is -0.384. The molecule has 1 aromatic carbocycles. The summed E-state index contributed by atoms with van der Waals surface area (Å²) in [4.78, 5) is 36.5. The van der Waals surface area contributed by atoms with Crippen molar-refractivity contribution in [3.63, 3.8) is 0 Å². The highest BCUT2D eigenvalue weighted by Crippen LogP contribution is 2.45. The summed E-state index contributed by atoms with van der Waals surface area (Å²) in [5, 5.41) is 14.7. The van der Waals surface area contributed by atoms with Gasteiger partial charge in [-0.3, -0.25) is 14.9 Å². The van der Waals surface area contributed by atoms with Crippen molar-refractivity contribution in [1.82, 2.24) is 5.32 Å². The number of benzene rings is 1. The van der Waals surface area contributed by atoms with Crippen molar-refractivity contribution in [2.75, 3.05) is 20.3 Å². The third-order valence-electron chi connectivity index (χ3n) is 5.02. The van der Waals surface area contributed by atoms with Crippen LogP contribution in [-0.2, 0) is 19.1 Å². The number of methoxy groups -OCH3 is 1. The van der Waals surface area contributed by atoms with Gasteiger partial charge in [0.1, 0.15) is 6.61 Å². The van der Waals surface area contributed by atoms with Crippen LogP contribution in [0, 0.1) is 10.1 Å². The first-order valence-electron chi connectivity index (χ1n) is 9.19. The van der Waals surface area contributed by atoms with E-state index in [1.54, 1.807) is 6.92 Å². The normalized spacial score (nSPS) is 19.0. The number of esters is 1. The van der Waals surface area contributed by atoms with Crippen molar-refractivity contribution in [3.8, 4) is 0 Å². The third-order valence-corrected chi connectivity index (χ3v) is 5.36. The van der Waals surface area contributed by atoms with Gasteiger partial charge in [-0.15, -0.1) is 0 Å². The minimum atomic E-state index is -0.832. The molecule has 29 heavy (non-hydrogen) atoms. The molecule has 0 radical (unpaired) electrons. The number of halogens is 1. The maximum absolute atomic E-state index is 12.9. The number of non-ortho nitro benzene ring substituents is 1. The Bertz CT molecular complexity index is 937. The standard InChI is InChI=1S/C20H21ClN2O6/c1-11-17(20(25)29-9-8-28-2)18(19-15(22-11)4-3-5-16(19)24)13-10-12(23(26)27)6-7-14(13)21/h6-7,10,18,22H,3-5,8-9H2,1-2H3/t18-/m0/s1. The monoisotopic (exact) mass is 420 g/mol. The van der Waals surface area contributed by atoms with Crippen LogP contribution in [0.1, 0.15) is 37.7 Å². The van der Waals surface area contributed by atoms with E-state index in [9.17, 15) is 19.7 Å². The van der Waals surface area contributed by atoms with Gasteiger partial charge in [-0.1, -0.05) is 11.6 Å². The summed E-state index contributed by atoms with van der Waals surface area (Å²) in [5.41, 5.74) is 2.06. The number of ether oxygens (including phenoxy) is 2. The molecule has 1 N–H and O–H groups in total. The van der Waals surface area contributed by atoms with Gasteiger partial charge in [0.2, 0.25) is 0 Å². The molecule has 3 rings (SSSR count). The summed E-state index contributed by atoms with van der Waals surface area (Å²) in [6, 6.07) is 4.02. The summed E-state index contributed by atoms with van der Waals surface area (Å²) in [7, 11) is 1.49. The Morgan fingerprint density at radius 1 is 1.34 bits per heavy atom. The lowest BCUT2D eigenvalue weighted by Crippen LogP contribution is -2.34. The Hall–Kier alpha value is -2.71. The van der Waals surface area contributed by atoms with Crippen molar-refractivity contribution in [1.29, 1.82) is 0 Å². The number of nitrogens with one attached hydrogen (secondary N) is 1. The molecule has 0 saturated heterocycles. The number of carbonyl (C=O) groups excluding carboxylic acids is 2. The largest absolute Gasteiger partial charge is 0.460 e. The number of ketones is 1. The maximum Gasteiger partial charge on any atom is 0.336 e. The maximum atomic E-state index is 12.9. The summed E-state index contributed by atoms with van der Waals surface area (Å²) < 4.78 is 10.2. The second-order valence-corrected chi connectivity index (χ2v) is 7.26. The molecule has 0 unspecified atom stereocenters. The summed E-state index contributed by atoms with van der Waals surface area (Å²) >= 11 is 6.39. The zero-order chi connectivity index (χ0) is 21.1. The highest BCUT2D eigenvalue weighted by Gasteiger charge is 2.40. The lowest BCUT2D eigenvalue weighted by atomic mass is 9.75. The fourth-order valence-corrected chi connectivity index (χ4v) is 3.95. The van der Waals surface area contributed by atoms with E-state index < -0.39 is 16.8 Å². The number of hydrogen-bond acceptors (Lipinski definition) is 7. The number of carbonyl (C=O) groups is 2. The van der Waals surface area contributed by atoms with E-state index in [1.165, 1.54) is 25.3 Å². The van der Waals surface area contributed by atoms with Crippen molar-refractivity contribution < 1.29 is 24.0 Å². The Kier molecular flexibility index (Phi) is 6.34. The van der Waals surface area contributed by atoms with Gasteiger partial charge in [-0.05, 0) is 31.4 Å². The first-order valence-corrected chi connectivity index (χ1v) is 9.56. The van der Waals surface area contributed by atoms with Gasteiger partial charge < -0.3 is 14.8 Å². The summed E-state index contributed by atoms with van der Waals surface area (Å²) in [5.74, 6) is -1.56. The molecular formula is C20H21ClN2O6. The number of Topliss-reactive ketones (excluding diaryl/α,β-unsaturated/α-hetero) is 1. The van der Waals surface area contributed by atoms with Crippen LogP contribution in [-0.4, -0.2) is 37.0 Å². The molecule has 2 aliphatic rings. The van der Waals surface area contributed by atoms with E-state index >= 15 is 0 Å². The minimum absolute atomic E-state index is 0.0430. The van der Waals surface area contributed by atoms with Crippen LogP contribution in [0.15, 0.2) is 40.7 Å². The predicted octanol–water partition coefficient (Wildman–Crippen LogP) is 3.41. The molecule has 9 heteroatoms. The van der Waals surface area contributed by atoms with E-state index in [0.717, 1.165) is 5.70 Å². The van der Waals surface area contributed by atoms with Crippen LogP contribution in [0.2, 0.25) is 5.02 Å². The van der Waals surface area contributed by atoms with Gasteiger partial charge in [-0.2, -0.15) is 0 Å². The van der Waals surface area contributed by atoms with Crippen molar-refractivity contribution in [2.45, 2.75) is 32.1 Å². The quantitative estimate of drug-likeness (QED) is 0.325. The molecule has 1 aromatic rings. The first kappa shape index (κ1) is 21.0. The van der Waals surface area contributed by atoms with Gasteiger partial charge in [0.15, 0.2) is 5.78 Å². The molecule has 154 valence electrons. The topological polar surface area (TPSA) is 108 Å². The Labute approximate surface area is 172 Å². The minimum Gasteiger partial charge on any atom is -0.460 e. The Morgan fingerprint density at radius 2 is 2.10 bits per heavy atom. The molecule has 0 amide bonds. The Balaban J connectivity index is 2.15. The number of nitrogens with zero attached hydrogens (tertiary/aromatic N) is 1. The fraction of sp³-hybridized carbons (Fsp3) is 0.400. The van der Waals surface area contributed by atoms with E-state index in [0.29, 0.717) is 36.1 Å². The number of nitro benzene ring substituents is 1. The van der Waals surface area contributed by atoms with Crippen LogP contribution in [0.4, 0.5) is 5.69 Å². The molecule has 1 heterocycles. The number of nitro groups is 1.